The summed E-state index contributed by atoms with van der Waals surface area (Å²) in [7, 11) is 0. The van der Waals surface area contributed by atoms with Crippen molar-refractivity contribution in [1.82, 2.24) is 0 Å². The van der Waals surface area contributed by atoms with E-state index in [4.69, 9.17) is 9.15 Å². The van der Waals surface area contributed by atoms with Crippen molar-refractivity contribution in [3.8, 4) is 28.6 Å². The van der Waals surface area contributed by atoms with Crippen molar-refractivity contribution in [3.05, 3.63) is 52.2 Å². The molecule has 0 aliphatic carbocycles. The molecule has 2 heterocycles. The van der Waals surface area contributed by atoms with E-state index in [1.807, 2.05) is 0 Å². The lowest BCUT2D eigenvalue weighted by Gasteiger charge is -2.35. The Morgan fingerprint density at radius 1 is 0.931 bits per heavy atom. The van der Waals surface area contributed by atoms with E-state index in [1.54, 1.807) is 0 Å². The normalized spacial score (nSPS) is 24.7. The van der Waals surface area contributed by atoms with Crippen molar-refractivity contribution < 1.29 is 39.8 Å². The van der Waals surface area contributed by atoms with Gasteiger partial charge in [-0.2, -0.15) is 0 Å². The van der Waals surface area contributed by atoms with Gasteiger partial charge in [0.1, 0.15) is 58.4 Å². The van der Waals surface area contributed by atoms with Crippen LogP contribution < -0.4 is 5.43 Å². The van der Waals surface area contributed by atoms with E-state index in [-0.39, 0.29) is 34.6 Å². The highest BCUT2D eigenvalue weighted by atomic mass is 16.5. The molecule has 4 atom stereocenters. The zero-order valence-corrected chi connectivity index (χ0v) is 14.9. The Hall–Kier alpha value is -3.11. The fourth-order valence-corrected chi connectivity index (χ4v) is 3.41. The summed E-state index contributed by atoms with van der Waals surface area (Å²) in [5.74, 6) is -0.982. The van der Waals surface area contributed by atoms with Crippen LogP contribution in [0.2, 0.25) is 0 Å². The lowest BCUT2D eigenvalue weighted by atomic mass is 9.92. The Bertz CT molecular complexity index is 1120. The molecule has 1 aliphatic heterocycles. The van der Waals surface area contributed by atoms with Crippen molar-refractivity contribution in [2.24, 2.45) is 0 Å². The third-order valence-electron chi connectivity index (χ3n) is 4.95. The van der Waals surface area contributed by atoms with Crippen molar-refractivity contribution >= 4 is 11.0 Å². The number of ether oxygens (including phenoxy) is 1. The second-order valence-corrected chi connectivity index (χ2v) is 6.86. The van der Waals surface area contributed by atoms with Crippen molar-refractivity contribution in [2.45, 2.75) is 24.4 Å². The standard InChI is InChI=1S/C20H18O9/c21-9-3-1-8(2-4-9)13-5-10(22)15-14(29-13)6-11(23)16(18(15)26)20-19(27)17(25)12(24)7-28-20/h1-6,12,17,19-21,23-27H,7H2. The van der Waals surface area contributed by atoms with E-state index in [0.29, 0.717) is 5.56 Å². The number of aliphatic hydroxyl groups is 3. The maximum absolute atomic E-state index is 12.7. The molecule has 152 valence electrons. The molecule has 0 spiro atoms. The first kappa shape index (κ1) is 19.2. The summed E-state index contributed by atoms with van der Waals surface area (Å²) in [6, 6.07) is 8.15. The predicted molar refractivity (Wildman–Crippen MR) is 99.6 cm³/mol. The molecule has 6 N–H and O–H groups in total. The number of fused-ring (bicyclic) bond motifs is 1. The average molecular weight is 402 g/mol. The number of phenolic OH excluding ortho intramolecular Hbond substituents is 3. The van der Waals surface area contributed by atoms with Crippen LogP contribution in [0.25, 0.3) is 22.3 Å². The van der Waals surface area contributed by atoms with Gasteiger partial charge >= 0.3 is 0 Å². The van der Waals surface area contributed by atoms with E-state index in [2.05, 4.69) is 0 Å². The molecule has 1 saturated heterocycles. The maximum atomic E-state index is 12.7. The fraction of sp³-hybridized carbons (Fsp3) is 0.250. The quantitative estimate of drug-likeness (QED) is 0.363. The number of rotatable bonds is 2. The zero-order valence-electron chi connectivity index (χ0n) is 14.9. The summed E-state index contributed by atoms with van der Waals surface area (Å²) < 4.78 is 10.9. The van der Waals surface area contributed by atoms with Gasteiger partial charge in [-0.3, -0.25) is 4.79 Å². The summed E-state index contributed by atoms with van der Waals surface area (Å²) in [5.41, 5.74) is -0.516. The van der Waals surface area contributed by atoms with Crippen molar-refractivity contribution in [3.63, 3.8) is 0 Å². The Morgan fingerprint density at radius 3 is 2.31 bits per heavy atom. The van der Waals surface area contributed by atoms with Crippen LogP contribution in [0.4, 0.5) is 0 Å². The molecular weight excluding hydrogens is 384 g/mol. The lowest BCUT2D eigenvalue weighted by Crippen LogP contribution is -2.49. The maximum Gasteiger partial charge on any atom is 0.197 e. The molecule has 29 heavy (non-hydrogen) atoms. The van der Waals surface area contributed by atoms with E-state index in [1.165, 1.54) is 24.3 Å². The topological polar surface area (TPSA) is 161 Å². The van der Waals surface area contributed by atoms with Crippen LogP contribution in [-0.2, 0) is 4.74 Å². The van der Waals surface area contributed by atoms with Crippen LogP contribution in [-0.4, -0.2) is 55.6 Å². The summed E-state index contributed by atoms with van der Waals surface area (Å²) in [6.45, 7) is -0.339. The van der Waals surface area contributed by atoms with Crippen LogP contribution in [0.15, 0.2) is 45.6 Å². The van der Waals surface area contributed by atoms with Gasteiger partial charge in [-0.25, -0.2) is 0 Å². The van der Waals surface area contributed by atoms with Crippen LogP contribution in [0.5, 0.6) is 17.2 Å². The highest BCUT2D eigenvalue weighted by molar-refractivity contribution is 5.88. The molecule has 1 aliphatic rings. The average Bonchev–Trinajstić information content (AvgIpc) is 2.67. The van der Waals surface area contributed by atoms with Crippen LogP contribution in [0.3, 0.4) is 0 Å². The van der Waals surface area contributed by atoms with E-state index in [9.17, 15) is 35.4 Å². The number of hydrogen-bond acceptors (Lipinski definition) is 9. The summed E-state index contributed by atoms with van der Waals surface area (Å²) in [5, 5.41) is 59.8. The summed E-state index contributed by atoms with van der Waals surface area (Å²) >= 11 is 0. The van der Waals surface area contributed by atoms with Crippen molar-refractivity contribution in [1.29, 1.82) is 0 Å². The molecule has 0 bridgehead atoms. The number of hydrogen-bond donors (Lipinski definition) is 6. The van der Waals surface area contributed by atoms with Crippen LogP contribution >= 0.6 is 0 Å². The molecule has 2 aromatic carbocycles. The minimum absolute atomic E-state index is 0.0372. The van der Waals surface area contributed by atoms with Gasteiger partial charge in [0.15, 0.2) is 5.43 Å². The fourth-order valence-electron chi connectivity index (χ4n) is 3.41. The van der Waals surface area contributed by atoms with Crippen LogP contribution in [0, 0.1) is 0 Å². The van der Waals surface area contributed by atoms with E-state index < -0.39 is 41.3 Å². The predicted octanol–water partition coefficient (Wildman–Crippen LogP) is 0.731. The highest BCUT2D eigenvalue weighted by Gasteiger charge is 2.41. The second kappa shape index (κ2) is 7.05. The minimum atomic E-state index is -1.64. The smallest absolute Gasteiger partial charge is 0.197 e. The Kier molecular flexibility index (Phi) is 4.67. The molecule has 0 saturated carbocycles. The molecule has 1 fully saturated rings. The van der Waals surface area contributed by atoms with E-state index in [0.717, 1.165) is 12.1 Å². The Balaban J connectivity index is 1.86. The van der Waals surface area contributed by atoms with E-state index >= 15 is 0 Å². The number of phenols is 3. The second-order valence-electron chi connectivity index (χ2n) is 6.86. The van der Waals surface area contributed by atoms with Crippen LogP contribution in [0.1, 0.15) is 11.7 Å². The first-order valence-corrected chi connectivity index (χ1v) is 8.76. The lowest BCUT2D eigenvalue weighted by molar-refractivity contribution is -0.189. The van der Waals surface area contributed by atoms with Gasteiger partial charge in [0.2, 0.25) is 0 Å². The monoisotopic (exact) mass is 402 g/mol. The molecular formula is C20H18O9. The van der Waals surface area contributed by atoms with Crippen molar-refractivity contribution in [2.75, 3.05) is 6.61 Å². The van der Waals surface area contributed by atoms with Gasteiger partial charge in [-0.05, 0) is 24.3 Å². The molecule has 9 heteroatoms. The SMILES string of the molecule is O=c1cc(-c2ccc(O)cc2)oc2cc(O)c(C3OCC(O)C(O)C3O)c(O)c12. The van der Waals surface area contributed by atoms with Gasteiger partial charge < -0.3 is 39.8 Å². The first-order chi connectivity index (χ1) is 13.8. The molecule has 3 aromatic rings. The number of benzene rings is 2. The van der Waals surface area contributed by atoms with Gasteiger partial charge in [-0.1, -0.05) is 0 Å². The van der Waals surface area contributed by atoms with Gasteiger partial charge in [0.05, 0.1) is 12.2 Å². The number of aliphatic hydroxyl groups excluding tert-OH is 3. The van der Waals surface area contributed by atoms with Gasteiger partial charge in [-0.15, -0.1) is 0 Å². The Morgan fingerprint density at radius 2 is 1.62 bits per heavy atom. The largest absolute Gasteiger partial charge is 0.508 e. The third kappa shape index (κ3) is 3.19. The zero-order chi connectivity index (χ0) is 20.9. The number of aromatic hydroxyl groups is 3. The Labute approximate surface area is 163 Å². The molecule has 0 amide bonds. The molecule has 0 radical (unpaired) electrons. The molecule has 1 aromatic heterocycles. The molecule has 4 rings (SSSR count). The minimum Gasteiger partial charge on any atom is -0.508 e. The highest BCUT2D eigenvalue weighted by Crippen LogP contribution is 2.43. The molecule has 9 nitrogen and oxygen atoms in total. The summed E-state index contributed by atoms with van der Waals surface area (Å²) in [6.07, 6.45) is -5.90. The summed E-state index contributed by atoms with van der Waals surface area (Å²) in [4.78, 5) is 12.7. The van der Waals surface area contributed by atoms with Gasteiger partial charge in [0, 0.05) is 17.7 Å². The third-order valence-corrected chi connectivity index (χ3v) is 4.95. The van der Waals surface area contributed by atoms with Gasteiger partial charge in [0.25, 0.3) is 0 Å². The first-order valence-electron chi connectivity index (χ1n) is 8.76. The molecule has 4 unspecified atom stereocenters.